The molecule has 0 aromatic heterocycles. The summed E-state index contributed by atoms with van der Waals surface area (Å²) in [5, 5.41) is 11.8. The Hall–Kier alpha value is -3.34. The number of carbonyl (C=O) groups is 2. The molecule has 2 aromatic rings. The van der Waals surface area contributed by atoms with Crippen LogP contribution in [-0.2, 0) is 4.79 Å². The molecule has 2 amide bonds. The van der Waals surface area contributed by atoms with Gasteiger partial charge >= 0.3 is 0 Å². The van der Waals surface area contributed by atoms with Crippen molar-refractivity contribution < 1.29 is 22.8 Å². The largest absolute Gasteiger partial charge is 0.338 e. The van der Waals surface area contributed by atoms with Gasteiger partial charge in [0.1, 0.15) is 23.5 Å². The summed E-state index contributed by atoms with van der Waals surface area (Å²) in [5.74, 6) is -3.54. The monoisotopic (exact) mass is 401 g/mol. The van der Waals surface area contributed by atoms with Gasteiger partial charge in [0.25, 0.3) is 5.91 Å². The standard InChI is InChI=1S/C21H18F3N3O2/c22-15-5-3-13(4-6-15)21(29)27-9-1-2-14(12-27)20(28)26-19(11-25)17-8-7-16(23)10-18(17)24/h3-8,10,14,19H,1-2,9,12H2,(H,26,28). The average Bonchev–Trinajstić information content (AvgIpc) is 2.72. The van der Waals surface area contributed by atoms with Crippen molar-refractivity contribution in [1.82, 2.24) is 10.2 Å². The molecule has 1 heterocycles. The van der Waals surface area contributed by atoms with E-state index >= 15 is 0 Å². The fourth-order valence-electron chi connectivity index (χ4n) is 3.33. The molecule has 0 bridgehead atoms. The van der Waals surface area contributed by atoms with Gasteiger partial charge in [0, 0.05) is 30.3 Å². The predicted molar refractivity (Wildman–Crippen MR) is 97.9 cm³/mol. The van der Waals surface area contributed by atoms with Crippen molar-refractivity contribution in [3.05, 3.63) is 71.0 Å². The summed E-state index contributed by atoms with van der Waals surface area (Å²) in [6, 6.07) is 8.45. The maximum atomic E-state index is 13.9. The highest BCUT2D eigenvalue weighted by Gasteiger charge is 2.30. The molecule has 29 heavy (non-hydrogen) atoms. The van der Waals surface area contributed by atoms with E-state index in [1.54, 1.807) is 6.07 Å². The van der Waals surface area contributed by atoms with Gasteiger partial charge in [-0.15, -0.1) is 0 Å². The summed E-state index contributed by atoms with van der Waals surface area (Å²) in [5.41, 5.74) is 0.188. The van der Waals surface area contributed by atoms with Crippen LogP contribution >= 0.6 is 0 Å². The second-order valence-electron chi connectivity index (χ2n) is 6.83. The van der Waals surface area contributed by atoms with E-state index in [9.17, 15) is 28.0 Å². The number of amides is 2. The maximum absolute atomic E-state index is 13.9. The normalized spacial score (nSPS) is 17.3. The Morgan fingerprint density at radius 1 is 1.10 bits per heavy atom. The van der Waals surface area contributed by atoms with Crippen molar-refractivity contribution in [3.63, 3.8) is 0 Å². The molecule has 150 valence electrons. The molecule has 0 radical (unpaired) electrons. The molecule has 1 aliphatic heterocycles. The second kappa shape index (κ2) is 8.78. The lowest BCUT2D eigenvalue weighted by Gasteiger charge is -2.32. The first-order valence-electron chi connectivity index (χ1n) is 9.09. The first-order valence-corrected chi connectivity index (χ1v) is 9.09. The Balaban J connectivity index is 1.68. The molecule has 0 spiro atoms. The van der Waals surface area contributed by atoms with Crippen LogP contribution in [0.3, 0.4) is 0 Å². The van der Waals surface area contributed by atoms with E-state index in [1.807, 2.05) is 0 Å². The molecule has 1 aliphatic rings. The maximum Gasteiger partial charge on any atom is 0.253 e. The number of rotatable bonds is 4. The summed E-state index contributed by atoms with van der Waals surface area (Å²) < 4.78 is 40.1. The number of nitrogens with zero attached hydrogens (tertiary/aromatic N) is 2. The Bertz CT molecular complexity index is 957. The van der Waals surface area contributed by atoms with Crippen molar-refractivity contribution in [3.8, 4) is 6.07 Å². The molecule has 5 nitrogen and oxygen atoms in total. The summed E-state index contributed by atoms with van der Waals surface area (Å²) >= 11 is 0. The smallest absolute Gasteiger partial charge is 0.253 e. The molecule has 2 atom stereocenters. The average molecular weight is 401 g/mol. The topological polar surface area (TPSA) is 73.2 Å². The number of carbonyl (C=O) groups excluding carboxylic acids is 2. The van der Waals surface area contributed by atoms with Crippen LogP contribution in [0.5, 0.6) is 0 Å². The van der Waals surface area contributed by atoms with Crippen LogP contribution < -0.4 is 5.32 Å². The lowest BCUT2D eigenvalue weighted by molar-refractivity contribution is -0.126. The van der Waals surface area contributed by atoms with Crippen LogP contribution in [-0.4, -0.2) is 29.8 Å². The van der Waals surface area contributed by atoms with E-state index in [-0.39, 0.29) is 18.0 Å². The van der Waals surface area contributed by atoms with E-state index in [2.05, 4.69) is 5.32 Å². The molecular formula is C21H18F3N3O2. The number of likely N-dealkylation sites (tertiary alicyclic amines) is 1. The van der Waals surface area contributed by atoms with Gasteiger partial charge < -0.3 is 10.2 Å². The van der Waals surface area contributed by atoms with Crippen molar-refractivity contribution in [2.45, 2.75) is 18.9 Å². The van der Waals surface area contributed by atoms with Gasteiger partial charge in [-0.05, 0) is 43.2 Å². The summed E-state index contributed by atoms with van der Waals surface area (Å²) in [4.78, 5) is 26.7. The van der Waals surface area contributed by atoms with Crippen LogP contribution in [0.15, 0.2) is 42.5 Å². The van der Waals surface area contributed by atoms with Crippen LogP contribution in [0.25, 0.3) is 0 Å². The minimum absolute atomic E-state index is 0.127. The summed E-state index contributed by atoms with van der Waals surface area (Å²) in [6.45, 7) is 0.584. The van der Waals surface area contributed by atoms with Crippen molar-refractivity contribution in [2.75, 3.05) is 13.1 Å². The Morgan fingerprint density at radius 2 is 1.79 bits per heavy atom. The second-order valence-corrected chi connectivity index (χ2v) is 6.83. The van der Waals surface area contributed by atoms with Crippen LogP contribution in [0.1, 0.15) is 34.8 Å². The van der Waals surface area contributed by atoms with Gasteiger partial charge in [-0.2, -0.15) is 5.26 Å². The molecule has 0 saturated carbocycles. The van der Waals surface area contributed by atoms with Gasteiger partial charge in [-0.1, -0.05) is 6.07 Å². The molecule has 0 aliphatic carbocycles. The van der Waals surface area contributed by atoms with E-state index in [0.29, 0.717) is 31.0 Å². The van der Waals surface area contributed by atoms with Crippen molar-refractivity contribution in [2.24, 2.45) is 5.92 Å². The van der Waals surface area contributed by atoms with Gasteiger partial charge in [0.05, 0.1) is 12.0 Å². The molecular weight excluding hydrogens is 383 g/mol. The first-order chi connectivity index (χ1) is 13.9. The zero-order chi connectivity index (χ0) is 21.0. The van der Waals surface area contributed by atoms with E-state index in [4.69, 9.17) is 0 Å². The number of halogens is 3. The zero-order valence-electron chi connectivity index (χ0n) is 15.4. The highest BCUT2D eigenvalue weighted by atomic mass is 19.1. The lowest BCUT2D eigenvalue weighted by atomic mass is 9.95. The van der Waals surface area contributed by atoms with E-state index < -0.39 is 35.3 Å². The molecule has 1 fully saturated rings. The minimum atomic E-state index is -1.27. The molecule has 3 rings (SSSR count). The minimum Gasteiger partial charge on any atom is -0.338 e. The Labute approximate surface area is 165 Å². The fraction of sp³-hybridized carbons (Fsp3) is 0.286. The molecule has 2 aromatic carbocycles. The fourth-order valence-corrected chi connectivity index (χ4v) is 3.33. The van der Waals surface area contributed by atoms with Crippen molar-refractivity contribution in [1.29, 1.82) is 5.26 Å². The van der Waals surface area contributed by atoms with Gasteiger partial charge in [-0.25, -0.2) is 13.2 Å². The lowest BCUT2D eigenvalue weighted by Crippen LogP contribution is -2.46. The Morgan fingerprint density at radius 3 is 2.45 bits per heavy atom. The summed E-state index contributed by atoms with van der Waals surface area (Å²) in [6.07, 6.45) is 1.08. The molecule has 1 N–H and O–H groups in total. The van der Waals surface area contributed by atoms with Crippen LogP contribution in [0.4, 0.5) is 13.2 Å². The number of piperidine rings is 1. The zero-order valence-corrected chi connectivity index (χ0v) is 15.4. The third kappa shape index (κ3) is 4.74. The van der Waals surface area contributed by atoms with Gasteiger partial charge in [0.15, 0.2) is 0 Å². The number of nitrogens with one attached hydrogen (secondary N) is 1. The number of hydrogen-bond donors (Lipinski definition) is 1. The van der Waals surface area contributed by atoms with E-state index in [0.717, 1.165) is 12.1 Å². The van der Waals surface area contributed by atoms with Gasteiger partial charge in [0.2, 0.25) is 5.91 Å². The van der Waals surface area contributed by atoms with Crippen molar-refractivity contribution >= 4 is 11.8 Å². The Kier molecular flexibility index (Phi) is 6.17. The molecule has 1 saturated heterocycles. The third-order valence-electron chi connectivity index (χ3n) is 4.86. The highest BCUT2D eigenvalue weighted by molar-refractivity contribution is 5.94. The number of benzene rings is 2. The van der Waals surface area contributed by atoms with Crippen LogP contribution in [0, 0.1) is 34.7 Å². The van der Waals surface area contributed by atoms with Crippen LogP contribution in [0.2, 0.25) is 0 Å². The quantitative estimate of drug-likeness (QED) is 0.854. The predicted octanol–water partition coefficient (Wildman–Crippen LogP) is 3.34. The third-order valence-corrected chi connectivity index (χ3v) is 4.86. The molecule has 2 unspecified atom stereocenters. The SMILES string of the molecule is N#CC(NC(=O)C1CCCN(C(=O)c2ccc(F)cc2)C1)c1ccc(F)cc1F. The molecule has 8 heteroatoms. The summed E-state index contributed by atoms with van der Waals surface area (Å²) in [7, 11) is 0. The number of nitriles is 1. The van der Waals surface area contributed by atoms with E-state index in [1.165, 1.54) is 29.2 Å². The van der Waals surface area contributed by atoms with Gasteiger partial charge in [-0.3, -0.25) is 9.59 Å². The highest BCUT2D eigenvalue weighted by Crippen LogP contribution is 2.22. The number of hydrogen-bond acceptors (Lipinski definition) is 3. The first kappa shape index (κ1) is 20.4.